The molecule has 2 rings (SSSR count). The third-order valence-electron chi connectivity index (χ3n) is 2.92. The quantitative estimate of drug-likeness (QED) is 0.720. The van der Waals surface area contributed by atoms with Gasteiger partial charge in [0, 0.05) is 13.1 Å². The Morgan fingerprint density at radius 1 is 0.857 bits per heavy atom. The Labute approximate surface area is 124 Å². The van der Waals surface area contributed by atoms with Crippen molar-refractivity contribution < 1.29 is 13.9 Å². The van der Waals surface area contributed by atoms with Crippen LogP contribution in [0.1, 0.15) is 5.56 Å². The predicted octanol–water partition coefficient (Wildman–Crippen LogP) is 3.01. The molecule has 0 spiro atoms. The van der Waals surface area contributed by atoms with Gasteiger partial charge in [-0.3, -0.25) is 0 Å². The van der Waals surface area contributed by atoms with E-state index in [0.29, 0.717) is 19.8 Å². The van der Waals surface area contributed by atoms with Gasteiger partial charge in [-0.15, -0.1) is 0 Å². The molecule has 2 aromatic carbocycles. The first kappa shape index (κ1) is 15.5. The number of nitrogens with one attached hydrogen (secondary N) is 1. The molecule has 0 radical (unpaired) electrons. The average Bonchev–Trinajstić information content (AvgIpc) is 2.52. The zero-order valence-electron chi connectivity index (χ0n) is 11.9. The predicted molar refractivity (Wildman–Crippen MR) is 80.9 cm³/mol. The van der Waals surface area contributed by atoms with Crippen molar-refractivity contribution in [1.29, 1.82) is 0 Å². The van der Waals surface area contributed by atoms with Gasteiger partial charge in [0.1, 0.15) is 6.61 Å². The second-order valence-electron chi connectivity index (χ2n) is 4.55. The highest BCUT2D eigenvalue weighted by molar-refractivity contribution is 5.23. The molecule has 2 aromatic rings. The van der Waals surface area contributed by atoms with E-state index in [-0.39, 0.29) is 11.6 Å². The molecule has 21 heavy (non-hydrogen) atoms. The van der Waals surface area contributed by atoms with Crippen LogP contribution in [-0.2, 0) is 11.3 Å². The standard InChI is InChI=1S/C17H20FNO2/c18-16-8-4-5-9-17(16)21-13-12-20-11-10-19-14-15-6-2-1-3-7-15/h1-9,19H,10-14H2. The summed E-state index contributed by atoms with van der Waals surface area (Å²) in [6.07, 6.45) is 0. The summed E-state index contributed by atoms with van der Waals surface area (Å²) in [5, 5.41) is 3.29. The van der Waals surface area contributed by atoms with Crippen LogP contribution in [0.25, 0.3) is 0 Å². The van der Waals surface area contributed by atoms with E-state index in [1.54, 1.807) is 18.2 Å². The Morgan fingerprint density at radius 2 is 1.62 bits per heavy atom. The van der Waals surface area contributed by atoms with E-state index >= 15 is 0 Å². The third-order valence-corrected chi connectivity index (χ3v) is 2.92. The number of rotatable bonds is 9. The molecule has 112 valence electrons. The van der Waals surface area contributed by atoms with Crippen LogP contribution in [0.4, 0.5) is 4.39 Å². The Balaban J connectivity index is 1.48. The number of benzene rings is 2. The fraction of sp³-hybridized carbons (Fsp3) is 0.294. The normalized spacial score (nSPS) is 10.5. The van der Waals surface area contributed by atoms with Crippen LogP contribution in [-0.4, -0.2) is 26.4 Å². The summed E-state index contributed by atoms with van der Waals surface area (Å²) in [7, 11) is 0. The van der Waals surface area contributed by atoms with Crippen LogP contribution in [0.5, 0.6) is 5.75 Å². The van der Waals surface area contributed by atoms with Crippen molar-refractivity contribution >= 4 is 0 Å². The molecule has 0 fully saturated rings. The molecule has 0 aliphatic rings. The molecule has 0 saturated heterocycles. The lowest BCUT2D eigenvalue weighted by Gasteiger charge is -2.08. The number of ether oxygens (including phenoxy) is 2. The van der Waals surface area contributed by atoms with E-state index in [2.05, 4.69) is 17.4 Å². The van der Waals surface area contributed by atoms with Gasteiger partial charge in [0.05, 0.1) is 13.2 Å². The molecular formula is C17H20FNO2. The van der Waals surface area contributed by atoms with Gasteiger partial charge in [0.15, 0.2) is 11.6 Å². The van der Waals surface area contributed by atoms with Gasteiger partial charge >= 0.3 is 0 Å². The van der Waals surface area contributed by atoms with Crippen LogP contribution in [0, 0.1) is 5.82 Å². The molecule has 0 amide bonds. The first-order valence-electron chi connectivity index (χ1n) is 7.06. The molecule has 0 aliphatic carbocycles. The van der Waals surface area contributed by atoms with Crippen molar-refractivity contribution in [2.24, 2.45) is 0 Å². The van der Waals surface area contributed by atoms with Crippen molar-refractivity contribution in [2.75, 3.05) is 26.4 Å². The van der Waals surface area contributed by atoms with Gasteiger partial charge in [-0.2, -0.15) is 0 Å². The highest BCUT2D eigenvalue weighted by Gasteiger charge is 2.00. The lowest BCUT2D eigenvalue weighted by Crippen LogP contribution is -2.20. The van der Waals surface area contributed by atoms with Crippen LogP contribution in [0.3, 0.4) is 0 Å². The first-order valence-corrected chi connectivity index (χ1v) is 7.06. The molecule has 3 nitrogen and oxygen atoms in total. The zero-order valence-corrected chi connectivity index (χ0v) is 11.9. The van der Waals surface area contributed by atoms with Crippen molar-refractivity contribution in [3.8, 4) is 5.75 Å². The number of halogens is 1. The van der Waals surface area contributed by atoms with E-state index in [1.807, 2.05) is 18.2 Å². The molecule has 0 atom stereocenters. The molecule has 0 aromatic heterocycles. The Kier molecular flexibility index (Phi) is 6.71. The monoisotopic (exact) mass is 289 g/mol. The smallest absolute Gasteiger partial charge is 0.165 e. The van der Waals surface area contributed by atoms with E-state index in [4.69, 9.17) is 9.47 Å². The van der Waals surface area contributed by atoms with E-state index < -0.39 is 0 Å². The lowest BCUT2D eigenvalue weighted by atomic mass is 10.2. The van der Waals surface area contributed by atoms with Gasteiger partial charge < -0.3 is 14.8 Å². The largest absolute Gasteiger partial charge is 0.488 e. The maximum absolute atomic E-state index is 13.3. The van der Waals surface area contributed by atoms with Crippen molar-refractivity contribution in [3.63, 3.8) is 0 Å². The Hall–Kier alpha value is -1.91. The maximum atomic E-state index is 13.3. The summed E-state index contributed by atoms with van der Waals surface area (Å²) in [6.45, 7) is 3.00. The third kappa shape index (κ3) is 5.94. The van der Waals surface area contributed by atoms with Gasteiger partial charge in [-0.05, 0) is 17.7 Å². The maximum Gasteiger partial charge on any atom is 0.165 e. The van der Waals surface area contributed by atoms with E-state index in [1.165, 1.54) is 11.6 Å². The van der Waals surface area contributed by atoms with Crippen molar-refractivity contribution in [1.82, 2.24) is 5.32 Å². The average molecular weight is 289 g/mol. The summed E-state index contributed by atoms with van der Waals surface area (Å²) >= 11 is 0. The first-order chi connectivity index (χ1) is 10.4. The Bertz CT molecular complexity index is 519. The minimum Gasteiger partial charge on any atom is -0.488 e. The fourth-order valence-corrected chi connectivity index (χ4v) is 1.85. The summed E-state index contributed by atoms with van der Waals surface area (Å²) in [4.78, 5) is 0. The van der Waals surface area contributed by atoms with Crippen molar-refractivity contribution in [3.05, 3.63) is 66.0 Å². The molecule has 0 heterocycles. The second kappa shape index (κ2) is 9.10. The number of hydrogen-bond acceptors (Lipinski definition) is 3. The van der Waals surface area contributed by atoms with Crippen LogP contribution >= 0.6 is 0 Å². The van der Waals surface area contributed by atoms with Gasteiger partial charge in [0.25, 0.3) is 0 Å². The van der Waals surface area contributed by atoms with Crippen LogP contribution < -0.4 is 10.1 Å². The highest BCUT2D eigenvalue weighted by atomic mass is 19.1. The number of hydrogen-bond donors (Lipinski definition) is 1. The molecule has 1 N–H and O–H groups in total. The molecule has 0 bridgehead atoms. The summed E-state index contributed by atoms with van der Waals surface area (Å²) in [5.41, 5.74) is 1.25. The van der Waals surface area contributed by atoms with Crippen molar-refractivity contribution in [2.45, 2.75) is 6.54 Å². The van der Waals surface area contributed by atoms with Gasteiger partial charge in [-0.25, -0.2) is 4.39 Å². The zero-order chi connectivity index (χ0) is 14.8. The topological polar surface area (TPSA) is 30.5 Å². The van der Waals surface area contributed by atoms with Gasteiger partial charge in [0.2, 0.25) is 0 Å². The molecule has 0 aliphatic heterocycles. The summed E-state index contributed by atoms with van der Waals surface area (Å²) < 4.78 is 24.0. The summed E-state index contributed by atoms with van der Waals surface area (Å²) in [5.74, 6) is -0.0784. The molecule has 4 heteroatoms. The number of para-hydroxylation sites is 1. The van der Waals surface area contributed by atoms with Gasteiger partial charge in [-0.1, -0.05) is 42.5 Å². The van der Waals surface area contributed by atoms with E-state index in [0.717, 1.165) is 13.1 Å². The second-order valence-corrected chi connectivity index (χ2v) is 4.55. The fourth-order valence-electron chi connectivity index (χ4n) is 1.85. The van der Waals surface area contributed by atoms with E-state index in [9.17, 15) is 4.39 Å². The highest BCUT2D eigenvalue weighted by Crippen LogP contribution is 2.14. The lowest BCUT2D eigenvalue weighted by molar-refractivity contribution is 0.100. The molecule has 0 saturated carbocycles. The minimum atomic E-state index is -0.345. The summed E-state index contributed by atoms with van der Waals surface area (Å²) in [6, 6.07) is 16.6. The Morgan fingerprint density at radius 3 is 2.43 bits per heavy atom. The molecule has 0 unspecified atom stereocenters. The SMILES string of the molecule is Fc1ccccc1OCCOCCNCc1ccccc1. The minimum absolute atomic E-state index is 0.267. The molecular weight excluding hydrogens is 269 g/mol. The van der Waals surface area contributed by atoms with Crippen LogP contribution in [0.2, 0.25) is 0 Å². The van der Waals surface area contributed by atoms with Crippen LogP contribution in [0.15, 0.2) is 54.6 Å².